The fourth-order valence-electron chi connectivity index (χ4n) is 1.25. The van der Waals surface area contributed by atoms with E-state index in [1.807, 2.05) is 0 Å². The first kappa shape index (κ1) is 15.1. The summed E-state index contributed by atoms with van der Waals surface area (Å²) < 4.78 is 5.00. The number of carbonyl (C=O) groups excluding carboxylic acids is 1. The van der Waals surface area contributed by atoms with Crippen molar-refractivity contribution in [3.63, 3.8) is 0 Å². The summed E-state index contributed by atoms with van der Waals surface area (Å²) in [5, 5.41) is 0.376. The van der Waals surface area contributed by atoms with Gasteiger partial charge in [0.15, 0.2) is 5.75 Å². The van der Waals surface area contributed by atoms with Gasteiger partial charge in [-0.3, -0.25) is 5.43 Å². The van der Waals surface area contributed by atoms with E-state index >= 15 is 0 Å². The second kappa shape index (κ2) is 8.19. The molecule has 0 saturated heterocycles. The number of nitrogens with one attached hydrogen (secondary N) is 2. The SMILES string of the molecule is CCCCC(Cl)NNC(=O)Oc1ccccc1Cl. The standard InChI is InChI=1S/C12H16Cl2N2O2/c1-2-3-8-11(14)15-16-12(17)18-10-7-5-4-6-9(10)13/h4-7,11,15H,2-3,8H2,1H3,(H,16,17). The largest absolute Gasteiger partial charge is 0.427 e. The maximum absolute atomic E-state index is 11.4. The molecule has 18 heavy (non-hydrogen) atoms. The number of carbonyl (C=O) groups is 1. The third-order valence-corrected chi connectivity index (χ3v) is 2.82. The minimum Gasteiger partial charge on any atom is -0.408 e. The van der Waals surface area contributed by atoms with Gasteiger partial charge in [0.25, 0.3) is 0 Å². The molecule has 4 nitrogen and oxygen atoms in total. The molecule has 0 fully saturated rings. The molecule has 0 aliphatic carbocycles. The van der Waals surface area contributed by atoms with E-state index in [1.54, 1.807) is 24.3 Å². The van der Waals surface area contributed by atoms with Gasteiger partial charge >= 0.3 is 6.09 Å². The minimum absolute atomic E-state index is 0.304. The van der Waals surface area contributed by atoms with Gasteiger partial charge in [-0.1, -0.05) is 43.5 Å². The lowest BCUT2D eigenvalue weighted by atomic mass is 10.2. The molecule has 2 N–H and O–H groups in total. The van der Waals surface area contributed by atoms with Crippen LogP contribution >= 0.6 is 23.2 Å². The molecule has 0 aromatic heterocycles. The van der Waals surface area contributed by atoms with E-state index < -0.39 is 6.09 Å². The predicted octanol–water partition coefficient (Wildman–Crippen LogP) is 3.69. The Labute approximate surface area is 117 Å². The number of ether oxygens (including phenoxy) is 1. The maximum Gasteiger partial charge on any atom is 0.427 e. The Balaban J connectivity index is 2.32. The van der Waals surface area contributed by atoms with Crippen LogP contribution in [-0.4, -0.2) is 11.6 Å². The molecule has 0 aliphatic heterocycles. The van der Waals surface area contributed by atoms with Gasteiger partial charge in [-0.15, -0.1) is 11.6 Å². The molecule has 1 aromatic rings. The highest BCUT2D eigenvalue weighted by Crippen LogP contribution is 2.22. The van der Waals surface area contributed by atoms with Crippen molar-refractivity contribution in [3.8, 4) is 5.75 Å². The number of amides is 1. The average Bonchev–Trinajstić information content (AvgIpc) is 2.36. The molecular weight excluding hydrogens is 275 g/mol. The number of rotatable bonds is 6. The topological polar surface area (TPSA) is 50.4 Å². The highest BCUT2D eigenvalue weighted by molar-refractivity contribution is 6.32. The van der Waals surface area contributed by atoms with Crippen molar-refractivity contribution in [1.29, 1.82) is 0 Å². The van der Waals surface area contributed by atoms with Gasteiger partial charge in [-0.25, -0.2) is 10.2 Å². The summed E-state index contributed by atoms with van der Waals surface area (Å²) >= 11 is 11.8. The molecule has 0 heterocycles. The number of halogens is 2. The zero-order valence-electron chi connectivity index (χ0n) is 10.1. The Morgan fingerprint density at radius 3 is 2.83 bits per heavy atom. The second-order valence-electron chi connectivity index (χ2n) is 3.70. The van der Waals surface area contributed by atoms with Gasteiger partial charge < -0.3 is 4.74 Å². The summed E-state index contributed by atoms with van der Waals surface area (Å²) in [5.41, 5.74) is 4.70. The smallest absolute Gasteiger partial charge is 0.408 e. The molecule has 0 spiro atoms. The molecule has 0 saturated carbocycles. The van der Waals surface area contributed by atoms with Gasteiger partial charge in [0.1, 0.15) is 5.50 Å². The van der Waals surface area contributed by atoms with E-state index in [1.165, 1.54) is 0 Å². The van der Waals surface area contributed by atoms with Gasteiger partial charge in [0.2, 0.25) is 0 Å². The molecule has 0 bridgehead atoms. The van der Waals surface area contributed by atoms with Crippen LogP contribution in [0.1, 0.15) is 26.2 Å². The summed E-state index contributed by atoms with van der Waals surface area (Å²) in [6, 6.07) is 6.73. The number of para-hydroxylation sites is 1. The first-order valence-corrected chi connectivity index (χ1v) is 6.57. The monoisotopic (exact) mass is 290 g/mol. The number of benzene rings is 1. The molecule has 1 aromatic carbocycles. The fourth-order valence-corrected chi connectivity index (χ4v) is 1.63. The molecule has 1 atom stereocenters. The third kappa shape index (κ3) is 5.58. The maximum atomic E-state index is 11.4. The Hall–Kier alpha value is -0.970. The van der Waals surface area contributed by atoms with Crippen LogP contribution in [0.15, 0.2) is 24.3 Å². The molecule has 0 radical (unpaired) electrons. The summed E-state index contributed by atoms with van der Waals surface area (Å²) in [6.45, 7) is 2.07. The summed E-state index contributed by atoms with van der Waals surface area (Å²) in [4.78, 5) is 11.4. The van der Waals surface area contributed by atoms with Crippen LogP contribution < -0.4 is 15.6 Å². The highest BCUT2D eigenvalue weighted by atomic mass is 35.5. The summed E-state index contributed by atoms with van der Waals surface area (Å²) in [5.74, 6) is 0.304. The van der Waals surface area contributed by atoms with Crippen molar-refractivity contribution < 1.29 is 9.53 Å². The van der Waals surface area contributed by atoms with Crippen LogP contribution in [0.2, 0.25) is 5.02 Å². The van der Waals surface area contributed by atoms with E-state index in [-0.39, 0.29) is 5.50 Å². The lowest BCUT2D eigenvalue weighted by Crippen LogP contribution is -2.43. The molecule has 6 heteroatoms. The van der Waals surface area contributed by atoms with Crippen molar-refractivity contribution in [3.05, 3.63) is 29.3 Å². The summed E-state index contributed by atoms with van der Waals surface area (Å²) in [7, 11) is 0. The molecular formula is C12H16Cl2N2O2. The van der Waals surface area contributed by atoms with Crippen LogP contribution in [0.5, 0.6) is 5.75 Å². The molecule has 1 amide bonds. The predicted molar refractivity (Wildman–Crippen MR) is 72.9 cm³/mol. The van der Waals surface area contributed by atoms with E-state index in [0.717, 1.165) is 19.3 Å². The Kier molecular flexibility index (Phi) is 6.86. The van der Waals surface area contributed by atoms with Gasteiger partial charge in [0.05, 0.1) is 5.02 Å². The average molecular weight is 291 g/mol. The zero-order chi connectivity index (χ0) is 13.4. The molecule has 1 unspecified atom stereocenters. The Morgan fingerprint density at radius 1 is 1.44 bits per heavy atom. The highest BCUT2D eigenvalue weighted by Gasteiger charge is 2.09. The van der Waals surface area contributed by atoms with Gasteiger partial charge in [0, 0.05) is 0 Å². The first-order valence-electron chi connectivity index (χ1n) is 5.75. The second-order valence-corrected chi connectivity index (χ2v) is 4.63. The number of alkyl halides is 1. The minimum atomic E-state index is -0.648. The number of hydrazine groups is 1. The zero-order valence-corrected chi connectivity index (χ0v) is 11.6. The number of unbranched alkanes of at least 4 members (excludes halogenated alkanes) is 1. The lowest BCUT2D eigenvalue weighted by Gasteiger charge is -2.12. The van der Waals surface area contributed by atoms with Crippen molar-refractivity contribution in [2.24, 2.45) is 0 Å². The van der Waals surface area contributed by atoms with Crippen LogP contribution in [0.3, 0.4) is 0 Å². The fraction of sp³-hybridized carbons (Fsp3) is 0.417. The van der Waals surface area contributed by atoms with Gasteiger partial charge in [-0.05, 0) is 18.6 Å². The van der Waals surface area contributed by atoms with E-state index in [2.05, 4.69) is 17.8 Å². The van der Waals surface area contributed by atoms with Crippen LogP contribution in [0.4, 0.5) is 4.79 Å². The van der Waals surface area contributed by atoms with Crippen molar-refractivity contribution in [1.82, 2.24) is 10.9 Å². The van der Waals surface area contributed by atoms with E-state index in [9.17, 15) is 4.79 Å². The molecule has 1 rings (SSSR count). The van der Waals surface area contributed by atoms with Gasteiger partial charge in [-0.2, -0.15) is 0 Å². The lowest BCUT2D eigenvalue weighted by molar-refractivity contribution is 0.194. The molecule has 100 valence electrons. The van der Waals surface area contributed by atoms with Crippen LogP contribution in [0, 0.1) is 0 Å². The Bertz CT molecular complexity index is 388. The molecule has 0 aliphatic rings. The van der Waals surface area contributed by atoms with Crippen molar-refractivity contribution in [2.45, 2.75) is 31.7 Å². The number of hydrogen-bond donors (Lipinski definition) is 2. The number of hydrogen-bond acceptors (Lipinski definition) is 3. The van der Waals surface area contributed by atoms with E-state index in [4.69, 9.17) is 27.9 Å². The summed E-state index contributed by atoms with van der Waals surface area (Å²) in [6.07, 6.45) is 2.16. The van der Waals surface area contributed by atoms with Crippen LogP contribution in [0.25, 0.3) is 0 Å². The normalized spacial score (nSPS) is 11.9. The first-order chi connectivity index (χ1) is 8.63. The quantitative estimate of drug-likeness (QED) is 0.477. The van der Waals surface area contributed by atoms with E-state index in [0.29, 0.717) is 10.8 Å². The Morgan fingerprint density at radius 2 is 2.17 bits per heavy atom. The van der Waals surface area contributed by atoms with Crippen molar-refractivity contribution in [2.75, 3.05) is 0 Å². The van der Waals surface area contributed by atoms with Crippen LogP contribution in [-0.2, 0) is 0 Å². The third-order valence-electron chi connectivity index (χ3n) is 2.18. The van der Waals surface area contributed by atoms with Crippen molar-refractivity contribution >= 4 is 29.3 Å².